The molecule has 4 rings (SSSR count). The quantitative estimate of drug-likeness (QED) is 0.660. The molecule has 0 saturated carbocycles. The van der Waals surface area contributed by atoms with E-state index >= 15 is 0 Å². The molecule has 1 aromatic carbocycles. The lowest BCUT2D eigenvalue weighted by molar-refractivity contribution is -0.274. The predicted octanol–water partition coefficient (Wildman–Crippen LogP) is 3.92. The van der Waals surface area contributed by atoms with E-state index in [9.17, 15) is 18.0 Å². The number of halogens is 3. The normalized spacial score (nSPS) is 15.5. The lowest BCUT2D eigenvalue weighted by Crippen LogP contribution is -2.42. The number of likely N-dealkylation sites (tertiary alicyclic amines) is 1. The van der Waals surface area contributed by atoms with Crippen LogP contribution in [0.3, 0.4) is 0 Å². The molecule has 6 nitrogen and oxygen atoms in total. The van der Waals surface area contributed by atoms with E-state index in [2.05, 4.69) is 9.72 Å². The molecule has 152 valence electrons. The van der Waals surface area contributed by atoms with E-state index in [1.165, 1.54) is 18.2 Å². The number of benzene rings is 1. The van der Waals surface area contributed by atoms with Gasteiger partial charge in [-0.25, -0.2) is 4.98 Å². The van der Waals surface area contributed by atoms with E-state index in [1.807, 2.05) is 6.20 Å². The number of piperidine rings is 1. The number of hydrogen-bond acceptors (Lipinski definition) is 4. The van der Waals surface area contributed by atoms with Gasteiger partial charge < -0.3 is 18.8 Å². The first-order chi connectivity index (χ1) is 13.9. The molecule has 29 heavy (non-hydrogen) atoms. The van der Waals surface area contributed by atoms with Crippen molar-refractivity contribution in [3.05, 3.63) is 60.6 Å². The smallest absolute Gasteiger partial charge is 0.490 e. The summed E-state index contributed by atoms with van der Waals surface area (Å²) in [5.74, 6) is -0.116. The second-order valence-electron chi connectivity index (χ2n) is 6.71. The molecule has 1 saturated heterocycles. The highest BCUT2D eigenvalue weighted by Crippen LogP contribution is 2.28. The molecule has 3 aromatic rings. The fraction of sp³-hybridized carbons (Fsp3) is 0.300. The molecule has 0 atom stereocenters. The number of carbonyl (C=O) groups excluding carboxylic acids is 1. The van der Waals surface area contributed by atoms with Crippen LogP contribution in [0.4, 0.5) is 13.2 Å². The van der Waals surface area contributed by atoms with Gasteiger partial charge in [-0.15, -0.1) is 13.2 Å². The number of ether oxygens (including phenoxy) is 2. The van der Waals surface area contributed by atoms with Crippen molar-refractivity contribution in [3.8, 4) is 11.5 Å². The maximum atomic E-state index is 12.9. The number of amides is 1. The zero-order valence-corrected chi connectivity index (χ0v) is 15.3. The summed E-state index contributed by atoms with van der Waals surface area (Å²) in [4.78, 5) is 18.8. The number of pyridine rings is 1. The third-order valence-corrected chi connectivity index (χ3v) is 4.72. The molecule has 9 heteroatoms. The standard InChI is InChI=1S/C20H18F3N3O3/c21-20(22,23)29-16-4-1-3-15(13-16)28-14-6-10-26(11-7-14)19(27)17-5-2-9-25-12-8-24-18(17)25/h1-5,8-9,12-14H,6-7,10-11H2. The molecule has 1 amide bonds. The highest BCUT2D eigenvalue weighted by atomic mass is 19.4. The monoisotopic (exact) mass is 405 g/mol. The minimum Gasteiger partial charge on any atom is -0.490 e. The second kappa shape index (κ2) is 7.65. The Hall–Kier alpha value is -3.23. The molecule has 0 spiro atoms. The van der Waals surface area contributed by atoms with Crippen molar-refractivity contribution >= 4 is 11.6 Å². The Morgan fingerprint density at radius 3 is 2.59 bits per heavy atom. The number of hydrogen-bond donors (Lipinski definition) is 0. The van der Waals surface area contributed by atoms with E-state index in [1.54, 1.807) is 39.9 Å². The Morgan fingerprint density at radius 2 is 1.83 bits per heavy atom. The van der Waals surface area contributed by atoms with Gasteiger partial charge in [-0.1, -0.05) is 6.07 Å². The Kier molecular flexibility index (Phi) is 5.04. The third-order valence-electron chi connectivity index (χ3n) is 4.72. The number of alkyl halides is 3. The Labute approximate surface area is 164 Å². The van der Waals surface area contributed by atoms with Crippen LogP contribution in [-0.4, -0.2) is 45.7 Å². The van der Waals surface area contributed by atoms with Gasteiger partial charge in [0, 0.05) is 50.6 Å². The van der Waals surface area contributed by atoms with Crippen LogP contribution in [0.15, 0.2) is 55.0 Å². The zero-order valence-electron chi connectivity index (χ0n) is 15.3. The van der Waals surface area contributed by atoms with Gasteiger partial charge in [0.05, 0.1) is 5.56 Å². The topological polar surface area (TPSA) is 56.1 Å². The average molecular weight is 405 g/mol. The number of imidazole rings is 1. The SMILES string of the molecule is O=C(c1cccn2ccnc12)N1CCC(Oc2cccc(OC(F)(F)F)c2)CC1. The molecular formula is C20H18F3N3O3. The minimum atomic E-state index is -4.75. The summed E-state index contributed by atoms with van der Waals surface area (Å²) >= 11 is 0. The van der Waals surface area contributed by atoms with Crippen LogP contribution in [0.2, 0.25) is 0 Å². The summed E-state index contributed by atoms with van der Waals surface area (Å²) in [5.41, 5.74) is 1.14. The Morgan fingerprint density at radius 1 is 1.07 bits per heavy atom. The zero-order chi connectivity index (χ0) is 20.4. The third kappa shape index (κ3) is 4.44. The molecule has 1 aliphatic heterocycles. The lowest BCUT2D eigenvalue weighted by atomic mass is 10.1. The molecule has 1 fully saturated rings. The van der Waals surface area contributed by atoms with Crippen LogP contribution >= 0.6 is 0 Å². The van der Waals surface area contributed by atoms with E-state index in [0.717, 1.165) is 0 Å². The molecule has 3 heterocycles. The van der Waals surface area contributed by atoms with Crippen LogP contribution < -0.4 is 9.47 Å². The van der Waals surface area contributed by atoms with E-state index < -0.39 is 6.36 Å². The van der Waals surface area contributed by atoms with Gasteiger partial charge in [-0.05, 0) is 24.3 Å². The molecule has 0 radical (unpaired) electrons. The number of carbonyl (C=O) groups is 1. The van der Waals surface area contributed by atoms with Crippen molar-refractivity contribution in [2.24, 2.45) is 0 Å². The Bertz CT molecular complexity index is 1010. The molecule has 0 unspecified atom stereocenters. The van der Waals surface area contributed by atoms with Crippen LogP contribution in [-0.2, 0) is 0 Å². The summed E-state index contributed by atoms with van der Waals surface area (Å²) in [6.45, 7) is 0.980. The van der Waals surface area contributed by atoms with Gasteiger partial charge in [0.15, 0.2) is 0 Å². The van der Waals surface area contributed by atoms with Gasteiger partial charge in [0.2, 0.25) is 0 Å². The van der Waals surface area contributed by atoms with Crippen molar-refractivity contribution in [2.45, 2.75) is 25.3 Å². The largest absolute Gasteiger partial charge is 0.573 e. The summed E-state index contributed by atoms with van der Waals surface area (Å²) < 4.78 is 48.6. The number of fused-ring (bicyclic) bond motifs is 1. The van der Waals surface area contributed by atoms with Crippen molar-refractivity contribution in [1.82, 2.24) is 14.3 Å². The lowest BCUT2D eigenvalue weighted by Gasteiger charge is -2.32. The van der Waals surface area contributed by atoms with Gasteiger partial charge in [0.25, 0.3) is 5.91 Å². The number of rotatable bonds is 4. The summed E-state index contributed by atoms with van der Waals surface area (Å²) in [6.07, 6.45) is 1.47. The van der Waals surface area contributed by atoms with Gasteiger partial charge >= 0.3 is 6.36 Å². The molecule has 1 aliphatic rings. The van der Waals surface area contributed by atoms with Crippen LogP contribution in [0.1, 0.15) is 23.2 Å². The van der Waals surface area contributed by atoms with Crippen LogP contribution in [0.25, 0.3) is 5.65 Å². The van der Waals surface area contributed by atoms with Crippen molar-refractivity contribution in [3.63, 3.8) is 0 Å². The van der Waals surface area contributed by atoms with Gasteiger partial charge in [0.1, 0.15) is 23.3 Å². The maximum absolute atomic E-state index is 12.9. The molecule has 0 N–H and O–H groups in total. The second-order valence-corrected chi connectivity index (χ2v) is 6.71. The van der Waals surface area contributed by atoms with Crippen molar-refractivity contribution < 1.29 is 27.4 Å². The highest BCUT2D eigenvalue weighted by molar-refractivity contribution is 5.99. The molecular weight excluding hydrogens is 387 g/mol. The van der Waals surface area contributed by atoms with Gasteiger partial charge in [-0.3, -0.25) is 4.79 Å². The highest BCUT2D eigenvalue weighted by Gasteiger charge is 2.31. The Balaban J connectivity index is 1.37. The molecule has 0 bridgehead atoms. The van der Waals surface area contributed by atoms with Gasteiger partial charge in [-0.2, -0.15) is 0 Å². The molecule has 0 aliphatic carbocycles. The van der Waals surface area contributed by atoms with E-state index in [4.69, 9.17) is 4.74 Å². The van der Waals surface area contributed by atoms with Crippen LogP contribution in [0.5, 0.6) is 11.5 Å². The fourth-order valence-corrected chi connectivity index (χ4v) is 3.40. The van der Waals surface area contributed by atoms with E-state index in [0.29, 0.717) is 42.9 Å². The van der Waals surface area contributed by atoms with E-state index in [-0.39, 0.29) is 17.8 Å². The summed E-state index contributed by atoms with van der Waals surface area (Å²) in [5, 5.41) is 0. The summed E-state index contributed by atoms with van der Waals surface area (Å²) in [6, 6.07) is 9.01. The summed E-state index contributed by atoms with van der Waals surface area (Å²) in [7, 11) is 0. The number of aromatic nitrogens is 2. The maximum Gasteiger partial charge on any atom is 0.573 e. The van der Waals surface area contributed by atoms with Crippen LogP contribution in [0, 0.1) is 0 Å². The van der Waals surface area contributed by atoms with Crippen molar-refractivity contribution in [1.29, 1.82) is 0 Å². The van der Waals surface area contributed by atoms with Crippen molar-refractivity contribution in [2.75, 3.05) is 13.1 Å². The molecule has 2 aromatic heterocycles. The predicted molar refractivity (Wildman–Crippen MR) is 97.9 cm³/mol. The first-order valence-electron chi connectivity index (χ1n) is 9.12. The first kappa shape index (κ1) is 19.1. The number of nitrogens with zero attached hydrogens (tertiary/aromatic N) is 3. The minimum absolute atomic E-state index is 0.0965. The first-order valence-corrected chi connectivity index (χ1v) is 9.12. The fourth-order valence-electron chi connectivity index (χ4n) is 3.40. The average Bonchev–Trinajstić information content (AvgIpc) is 3.16.